The molecule has 1 amide bonds. The van der Waals surface area contributed by atoms with E-state index in [1.165, 1.54) is 25.3 Å². The van der Waals surface area contributed by atoms with E-state index in [0.29, 0.717) is 28.7 Å². The third-order valence-electron chi connectivity index (χ3n) is 4.15. The molecule has 3 N–H and O–H groups in total. The van der Waals surface area contributed by atoms with Gasteiger partial charge in [-0.2, -0.15) is 18.4 Å². The predicted octanol–water partition coefficient (Wildman–Crippen LogP) is 4.32. The molecule has 33 heavy (non-hydrogen) atoms. The fraction of sp³-hybridized carbons (Fsp3) is 0.190. The number of aliphatic imine (C=N–C) groups is 1. The van der Waals surface area contributed by atoms with Gasteiger partial charge in [0.05, 0.1) is 35.8 Å². The summed E-state index contributed by atoms with van der Waals surface area (Å²) in [4.78, 5) is 16.6. The molecule has 1 aliphatic heterocycles. The lowest BCUT2D eigenvalue weighted by Gasteiger charge is -2.16. The molecular weight excluding hydrogens is 481 g/mol. The fourth-order valence-electron chi connectivity index (χ4n) is 2.71. The van der Waals surface area contributed by atoms with E-state index in [1.54, 1.807) is 18.2 Å². The molecule has 0 aromatic heterocycles. The number of nitriles is 1. The van der Waals surface area contributed by atoms with Crippen LogP contribution in [0.25, 0.3) is 6.08 Å². The minimum absolute atomic E-state index is 0. The number of halogens is 4. The molecule has 3 rings (SSSR count). The zero-order chi connectivity index (χ0) is 23.3. The molecule has 7 nitrogen and oxygen atoms in total. The van der Waals surface area contributed by atoms with Crippen LogP contribution in [0, 0.1) is 11.3 Å². The number of rotatable bonds is 6. The maximum absolute atomic E-state index is 13.4. The van der Waals surface area contributed by atoms with Crippen LogP contribution in [0.2, 0.25) is 0 Å². The van der Waals surface area contributed by atoms with Crippen molar-refractivity contribution in [3.63, 3.8) is 0 Å². The van der Waals surface area contributed by atoms with Crippen molar-refractivity contribution in [1.29, 1.82) is 5.26 Å². The smallest absolute Gasteiger partial charge is 0.420 e. The van der Waals surface area contributed by atoms with E-state index < -0.39 is 17.5 Å². The number of methoxy groups -OCH3 is 1. The predicted molar refractivity (Wildman–Crippen MR) is 122 cm³/mol. The van der Waals surface area contributed by atoms with E-state index in [1.807, 2.05) is 0 Å². The van der Waals surface area contributed by atoms with Crippen molar-refractivity contribution < 1.29 is 27.4 Å². The Morgan fingerprint density at radius 1 is 1.21 bits per heavy atom. The number of carbonyl (C=O) groups excluding carboxylic acids is 1. The van der Waals surface area contributed by atoms with E-state index >= 15 is 0 Å². The molecule has 0 unspecified atom stereocenters. The van der Waals surface area contributed by atoms with E-state index in [-0.39, 0.29) is 35.4 Å². The number of benzene rings is 2. The molecule has 2 aromatic rings. The number of amidine groups is 1. The fourth-order valence-corrected chi connectivity index (χ4v) is 3.55. The molecule has 1 aliphatic rings. The van der Waals surface area contributed by atoms with Gasteiger partial charge in [-0.3, -0.25) is 9.79 Å². The summed E-state index contributed by atoms with van der Waals surface area (Å²) in [6.07, 6.45) is -3.11. The van der Waals surface area contributed by atoms with Gasteiger partial charge in [0.2, 0.25) is 0 Å². The van der Waals surface area contributed by atoms with Crippen LogP contribution < -0.4 is 20.5 Å². The number of hydrogen-bond donors (Lipinski definition) is 2. The number of nitrogens with zero attached hydrogens (tertiary/aromatic N) is 2. The van der Waals surface area contributed by atoms with Gasteiger partial charge in [0.25, 0.3) is 5.91 Å². The van der Waals surface area contributed by atoms with Crippen molar-refractivity contribution in [3.8, 4) is 23.3 Å². The highest BCUT2D eigenvalue weighted by Gasteiger charge is 2.35. The van der Waals surface area contributed by atoms with Gasteiger partial charge >= 0.3 is 6.18 Å². The molecule has 12 heteroatoms. The van der Waals surface area contributed by atoms with Gasteiger partial charge in [0.1, 0.15) is 5.75 Å². The molecule has 1 fully saturated rings. The number of hydrogen-bond acceptors (Lipinski definition) is 7. The quantitative estimate of drug-likeness (QED) is 0.574. The van der Waals surface area contributed by atoms with Crippen LogP contribution in [-0.2, 0) is 11.0 Å². The van der Waals surface area contributed by atoms with Crippen molar-refractivity contribution in [2.45, 2.75) is 6.18 Å². The highest BCUT2D eigenvalue weighted by Crippen LogP contribution is 2.41. The largest absolute Gasteiger partial charge is 0.493 e. The second kappa shape index (κ2) is 11.1. The van der Waals surface area contributed by atoms with Crippen molar-refractivity contribution in [1.82, 2.24) is 5.32 Å². The summed E-state index contributed by atoms with van der Waals surface area (Å²) in [6, 6.07) is 9.25. The average molecular weight is 499 g/mol. The van der Waals surface area contributed by atoms with Crippen LogP contribution in [0.4, 0.5) is 13.2 Å². The first-order chi connectivity index (χ1) is 15.2. The summed E-state index contributed by atoms with van der Waals surface area (Å²) in [5, 5.41) is 12.0. The molecule has 0 atom stereocenters. The van der Waals surface area contributed by atoms with Gasteiger partial charge in [0.15, 0.2) is 16.7 Å². The maximum atomic E-state index is 13.4. The van der Waals surface area contributed by atoms with Crippen LogP contribution in [0.15, 0.2) is 46.3 Å². The first kappa shape index (κ1) is 26.1. The molecule has 1 saturated heterocycles. The summed E-state index contributed by atoms with van der Waals surface area (Å²) in [6.45, 7) is 0.734. The number of alkyl halides is 3. The Morgan fingerprint density at radius 3 is 2.58 bits per heavy atom. The number of nitrogens with one attached hydrogen (secondary N) is 1. The minimum Gasteiger partial charge on any atom is -0.493 e. The molecule has 0 radical (unpaired) electrons. The number of nitrogens with two attached hydrogens (primary N) is 1. The Bertz CT molecular complexity index is 1150. The lowest BCUT2D eigenvalue weighted by atomic mass is 10.1. The van der Waals surface area contributed by atoms with Gasteiger partial charge in [-0.25, -0.2) is 0 Å². The Balaban J connectivity index is 0.00000385. The molecule has 1 heterocycles. The van der Waals surface area contributed by atoms with Gasteiger partial charge in [-0.15, -0.1) is 12.4 Å². The second-order valence-electron chi connectivity index (χ2n) is 6.37. The van der Waals surface area contributed by atoms with Crippen LogP contribution in [0.3, 0.4) is 0 Å². The molecule has 0 spiro atoms. The molecule has 0 saturated carbocycles. The van der Waals surface area contributed by atoms with Crippen molar-refractivity contribution >= 4 is 41.3 Å². The van der Waals surface area contributed by atoms with E-state index in [9.17, 15) is 18.0 Å². The van der Waals surface area contributed by atoms with Crippen LogP contribution in [0.1, 0.15) is 16.7 Å². The molecule has 2 aromatic carbocycles. The van der Waals surface area contributed by atoms with E-state index in [2.05, 4.69) is 10.3 Å². The monoisotopic (exact) mass is 498 g/mol. The highest BCUT2D eigenvalue weighted by molar-refractivity contribution is 8.18. The number of thioether (sulfide) groups is 1. The Kier molecular flexibility index (Phi) is 8.76. The first-order valence-corrected chi connectivity index (χ1v) is 9.99. The van der Waals surface area contributed by atoms with Gasteiger partial charge in [-0.05, 0) is 53.7 Å². The molecular formula is C21H18ClF3N4O3S. The average Bonchev–Trinajstić information content (AvgIpc) is 3.11. The molecule has 174 valence electrons. The maximum Gasteiger partial charge on any atom is 0.420 e. The summed E-state index contributed by atoms with van der Waals surface area (Å²) in [5.41, 5.74) is 4.76. The van der Waals surface area contributed by atoms with Crippen LogP contribution in [-0.4, -0.2) is 31.3 Å². The van der Waals surface area contributed by atoms with E-state index in [4.69, 9.17) is 20.5 Å². The van der Waals surface area contributed by atoms with Gasteiger partial charge in [-0.1, -0.05) is 6.07 Å². The Morgan fingerprint density at radius 2 is 1.94 bits per heavy atom. The second-order valence-corrected chi connectivity index (χ2v) is 7.40. The Labute approximate surface area is 197 Å². The zero-order valence-corrected chi connectivity index (χ0v) is 18.7. The third kappa shape index (κ3) is 6.41. The summed E-state index contributed by atoms with van der Waals surface area (Å²) in [5.74, 6) is -0.583. The number of ether oxygens (including phenoxy) is 2. The van der Waals surface area contributed by atoms with E-state index in [0.717, 1.165) is 23.9 Å². The van der Waals surface area contributed by atoms with Gasteiger partial charge in [0, 0.05) is 6.54 Å². The topological polar surface area (TPSA) is 110 Å². The van der Waals surface area contributed by atoms with Crippen molar-refractivity contribution in [3.05, 3.63) is 58.0 Å². The zero-order valence-electron chi connectivity index (χ0n) is 17.1. The SMILES string of the molecule is COc1cc(C=C2SC(=NCCN)NC2=O)ccc1Oc1ccc(C#N)cc1C(F)(F)F.Cl. The minimum atomic E-state index is -4.71. The lowest BCUT2D eigenvalue weighted by Crippen LogP contribution is -2.20. The summed E-state index contributed by atoms with van der Waals surface area (Å²) >= 11 is 1.15. The normalized spacial score (nSPS) is 15.7. The third-order valence-corrected chi connectivity index (χ3v) is 5.10. The van der Waals surface area contributed by atoms with Crippen LogP contribution >= 0.6 is 24.2 Å². The highest BCUT2D eigenvalue weighted by atomic mass is 35.5. The molecule has 0 bridgehead atoms. The number of amides is 1. The van der Waals surface area contributed by atoms with Crippen molar-refractivity contribution in [2.75, 3.05) is 20.2 Å². The summed E-state index contributed by atoms with van der Waals surface area (Å²) < 4.78 is 50.9. The number of carbonyl (C=O) groups is 1. The van der Waals surface area contributed by atoms with Gasteiger partial charge < -0.3 is 20.5 Å². The standard InChI is InChI=1S/C21H17F3N4O3S.ClH/c1-30-17-9-12(10-18-19(29)28-20(32-18)27-7-6-25)2-5-16(17)31-15-4-3-13(11-26)8-14(15)21(22,23)24;/h2-5,8-10H,6-7,25H2,1H3,(H,27,28,29);1H. The van der Waals surface area contributed by atoms with Crippen molar-refractivity contribution in [2.24, 2.45) is 10.7 Å². The summed E-state index contributed by atoms with van der Waals surface area (Å²) in [7, 11) is 1.34. The molecule has 0 aliphatic carbocycles. The Hall–Kier alpha value is -3.20. The van der Waals surface area contributed by atoms with Crippen LogP contribution in [0.5, 0.6) is 17.2 Å². The lowest BCUT2D eigenvalue weighted by molar-refractivity contribution is -0.138. The first-order valence-electron chi connectivity index (χ1n) is 9.18.